The Morgan fingerprint density at radius 1 is 0.931 bits per heavy atom. The summed E-state index contributed by atoms with van der Waals surface area (Å²) in [6.07, 6.45) is 6.63. The fourth-order valence-corrected chi connectivity index (χ4v) is 3.82. The van der Waals surface area contributed by atoms with Gasteiger partial charge in [-0.25, -0.2) is 0 Å². The minimum atomic E-state index is 0.225. The lowest BCUT2D eigenvalue weighted by molar-refractivity contribution is 0.243. The van der Waals surface area contributed by atoms with Gasteiger partial charge in [0.1, 0.15) is 5.75 Å². The highest BCUT2D eigenvalue weighted by Crippen LogP contribution is 2.33. The third kappa shape index (κ3) is 4.53. The van der Waals surface area contributed by atoms with Gasteiger partial charge in [0.15, 0.2) is 18.1 Å². The Kier molecular flexibility index (Phi) is 5.98. The first kappa shape index (κ1) is 19.3. The highest BCUT2D eigenvalue weighted by molar-refractivity contribution is 5.60. The lowest BCUT2D eigenvalue weighted by Crippen LogP contribution is -2.04. The summed E-state index contributed by atoms with van der Waals surface area (Å²) < 4.78 is 21.7. The van der Waals surface area contributed by atoms with E-state index in [0.29, 0.717) is 29.1 Å². The van der Waals surface area contributed by atoms with Gasteiger partial charge in [0.2, 0.25) is 5.82 Å². The second-order valence-electron chi connectivity index (χ2n) is 7.27. The molecule has 1 aliphatic rings. The normalized spacial score (nSPS) is 14.6. The molecule has 6 nitrogen and oxygen atoms in total. The Bertz CT molecular complexity index is 930. The standard InChI is InChI=1S/C23H26N2O4/c1-26-20-13-10-18(14-21(20)27-2)23-24-22(29-25-23)15-28-19-11-8-17(9-12-19)16-6-4-3-5-7-16/h8-14,16H,3-7,15H2,1-2H3. The van der Waals surface area contributed by atoms with Crippen LogP contribution in [0.1, 0.15) is 49.5 Å². The predicted octanol–water partition coefficient (Wildman–Crippen LogP) is 5.38. The van der Waals surface area contributed by atoms with E-state index in [-0.39, 0.29) is 6.61 Å². The molecule has 0 radical (unpaired) electrons. The van der Waals surface area contributed by atoms with E-state index in [1.54, 1.807) is 14.2 Å². The SMILES string of the molecule is COc1ccc(-c2noc(COc3ccc(C4CCCCC4)cc3)n2)cc1OC. The van der Waals surface area contributed by atoms with E-state index in [9.17, 15) is 0 Å². The summed E-state index contributed by atoms with van der Waals surface area (Å²) in [5.74, 6) is 3.67. The summed E-state index contributed by atoms with van der Waals surface area (Å²) in [6, 6.07) is 13.9. The topological polar surface area (TPSA) is 66.6 Å². The predicted molar refractivity (Wildman–Crippen MR) is 109 cm³/mol. The molecular weight excluding hydrogens is 368 g/mol. The van der Waals surface area contributed by atoms with Gasteiger partial charge in [-0.3, -0.25) is 0 Å². The molecule has 1 fully saturated rings. The zero-order chi connectivity index (χ0) is 20.1. The molecule has 152 valence electrons. The zero-order valence-electron chi connectivity index (χ0n) is 16.9. The van der Waals surface area contributed by atoms with Crippen molar-refractivity contribution in [2.24, 2.45) is 0 Å². The monoisotopic (exact) mass is 394 g/mol. The van der Waals surface area contributed by atoms with Gasteiger partial charge in [-0.1, -0.05) is 36.6 Å². The Hall–Kier alpha value is -3.02. The van der Waals surface area contributed by atoms with Crippen LogP contribution in [0.3, 0.4) is 0 Å². The molecule has 29 heavy (non-hydrogen) atoms. The maximum absolute atomic E-state index is 5.82. The maximum Gasteiger partial charge on any atom is 0.264 e. The number of aromatic nitrogens is 2. The van der Waals surface area contributed by atoms with E-state index >= 15 is 0 Å². The molecule has 3 aromatic rings. The molecule has 2 aromatic carbocycles. The molecule has 1 aliphatic carbocycles. The van der Waals surface area contributed by atoms with Crippen LogP contribution in [-0.4, -0.2) is 24.4 Å². The van der Waals surface area contributed by atoms with Crippen molar-refractivity contribution in [3.8, 4) is 28.6 Å². The van der Waals surface area contributed by atoms with Crippen molar-refractivity contribution < 1.29 is 18.7 Å². The maximum atomic E-state index is 5.82. The third-order valence-electron chi connectivity index (χ3n) is 5.43. The van der Waals surface area contributed by atoms with E-state index < -0.39 is 0 Å². The van der Waals surface area contributed by atoms with Crippen LogP contribution in [0.4, 0.5) is 0 Å². The summed E-state index contributed by atoms with van der Waals surface area (Å²) in [4.78, 5) is 4.42. The average molecular weight is 394 g/mol. The molecule has 1 saturated carbocycles. The van der Waals surface area contributed by atoms with Crippen LogP contribution >= 0.6 is 0 Å². The number of ether oxygens (including phenoxy) is 3. The first-order valence-electron chi connectivity index (χ1n) is 10.0. The van der Waals surface area contributed by atoms with Crippen molar-refractivity contribution >= 4 is 0 Å². The fourth-order valence-electron chi connectivity index (χ4n) is 3.82. The number of methoxy groups -OCH3 is 2. The second-order valence-corrected chi connectivity index (χ2v) is 7.27. The van der Waals surface area contributed by atoms with Crippen molar-refractivity contribution in [3.05, 3.63) is 53.9 Å². The Morgan fingerprint density at radius 2 is 1.69 bits per heavy atom. The van der Waals surface area contributed by atoms with Gasteiger partial charge < -0.3 is 18.7 Å². The van der Waals surface area contributed by atoms with Crippen LogP contribution in [0, 0.1) is 0 Å². The summed E-state index contributed by atoms with van der Waals surface area (Å²) in [6.45, 7) is 0.225. The van der Waals surface area contributed by atoms with Crippen LogP contribution in [0.5, 0.6) is 17.2 Å². The molecular formula is C23H26N2O4. The van der Waals surface area contributed by atoms with Gasteiger partial charge in [-0.05, 0) is 54.7 Å². The molecule has 0 atom stereocenters. The number of rotatable bonds is 7. The summed E-state index contributed by atoms with van der Waals surface area (Å²) in [5, 5.41) is 4.04. The minimum absolute atomic E-state index is 0.225. The number of nitrogens with zero attached hydrogens (tertiary/aromatic N) is 2. The number of hydrogen-bond donors (Lipinski definition) is 0. The lowest BCUT2D eigenvalue weighted by atomic mass is 9.84. The van der Waals surface area contributed by atoms with Crippen LogP contribution in [0.15, 0.2) is 47.0 Å². The smallest absolute Gasteiger partial charge is 0.264 e. The van der Waals surface area contributed by atoms with Crippen LogP contribution in [-0.2, 0) is 6.61 Å². The highest BCUT2D eigenvalue weighted by atomic mass is 16.5. The molecule has 0 bridgehead atoms. The van der Waals surface area contributed by atoms with Gasteiger partial charge in [0.05, 0.1) is 14.2 Å². The molecule has 0 saturated heterocycles. The van der Waals surface area contributed by atoms with Gasteiger partial charge in [-0.15, -0.1) is 0 Å². The van der Waals surface area contributed by atoms with Gasteiger partial charge in [0.25, 0.3) is 5.89 Å². The number of hydrogen-bond acceptors (Lipinski definition) is 6. The van der Waals surface area contributed by atoms with E-state index in [4.69, 9.17) is 18.7 Å². The van der Waals surface area contributed by atoms with Gasteiger partial charge in [-0.2, -0.15) is 4.98 Å². The molecule has 0 spiro atoms. The van der Waals surface area contributed by atoms with Crippen molar-refractivity contribution in [3.63, 3.8) is 0 Å². The highest BCUT2D eigenvalue weighted by Gasteiger charge is 2.16. The van der Waals surface area contributed by atoms with E-state index in [2.05, 4.69) is 22.3 Å². The van der Waals surface area contributed by atoms with Crippen molar-refractivity contribution in [1.29, 1.82) is 0 Å². The van der Waals surface area contributed by atoms with Crippen molar-refractivity contribution in [1.82, 2.24) is 10.1 Å². The van der Waals surface area contributed by atoms with Gasteiger partial charge in [0, 0.05) is 5.56 Å². The van der Waals surface area contributed by atoms with E-state index in [0.717, 1.165) is 11.3 Å². The molecule has 0 N–H and O–H groups in total. The van der Waals surface area contributed by atoms with Crippen LogP contribution in [0.25, 0.3) is 11.4 Å². The Labute approximate surface area is 170 Å². The lowest BCUT2D eigenvalue weighted by Gasteiger charge is -2.22. The zero-order valence-corrected chi connectivity index (χ0v) is 16.9. The molecule has 1 aromatic heterocycles. The Balaban J connectivity index is 1.38. The first-order chi connectivity index (χ1) is 14.3. The van der Waals surface area contributed by atoms with Gasteiger partial charge >= 0.3 is 0 Å². The third-order valence-corrected chi connectivity index (χ3v) is 5.43. The average Bonchev–Trinajstić information content (AvgIpc) is 3.27. The fraction of sp³-hybridized carbons (Fsp3) is 0.391. The van der Waals surface area contributed by atoms with Crippen LogP contribution in [0.2, 0.25) is 0 Å². The summed E-state index contributed by atoms with van der Waals surface area (Å²) >= 11 is 0. The van der Waals surface area contributed by atoms with Crippen molar-refractivity contribution in [2.45, 2.75) is 44.6 Å². The molecule has 0 aliphatic heterocycles. The molecule has 0 amide bonds. The molecule has 0 unspecified atom stereocenters. The summed E-state index contributed by atoms with van der Waals surface area (Å²) in [7, 11) is 3.19. The quantitative estimate of drug-likeness (QED) is 0.536. The molecule has 1 heterocycles. The first-order valence-corrected chi connectivity index (χ1v) is 10.0. The van der Waals surface area contributed by atoms with E-state index in [1.807, 2.05) is 30.3 Å². The minimum Gasteiger partial charge on any atom is -0.493 e. The molecule has 4 rings (SSSR count). The Morgan fingerprint density at radius 3 is 2.41 bits per heavy atom. The van der Waals surface area contributed by atoms with Crippen LogP contribution < -0.4 is 14.2 Å². The number of benzene rings is 2. The van der Waals surface area contributed by atoms with Crippen molar-refractivity contribution in [2.75, 3.05) is 14.2 Å². The largest absolute Gasteiger partial charge is 0.493 e. The molecule has 6 heteroatoms. The summed E-state index contributed by atoms with van der Waals surface area (Å²) in [5.41, 5.74) is 2.19. The second kappa shape index (κ2) is 8.99. The van der Waals surface area contributed by atoms with E-state index in [1.165, 1.54) is 37.7 Å².